The zero-order valence-corrected chi connectivity index (χ0v) is 20.7. The van der Waals surface area contributed by atoms with E-state index in [-0.39, 0.29) is 23.9 Å². The molecule has 2 heterocycles. The lowest BCUT2D eigenvalue weighted by molar-refractivity contribution is -0.136. The highest BCUT2D eigenvalue weighted by atomic mass is 32.2. The summed E-state index contributed by atoms with van der Waals surface area (Å²) in [6.07, 6.45) is 0. The number of benzene rings is 2. The molecular formula is C24H32N4O5S. The van der Waals surface area contributed by atoms with Crippen molar-refractivity contribution in [1.29, 1.82) is 0 Å². The number of hydrogen-bond donors (Lipinski definition) is 1. The standard InChI is InChI=1S/C24H32N4O5S/c1-18-6-4-5-7-20(18)26-12-14-27(15-13-26)24(29)21-17-25-10-11-28(21)34(30,31)19-8-9-22(32-2)23(16-19)33-3/h4-9,16,21,25H,10-15,17H2,1-3H3. The number of amides is 1. The van der Waals surface area contributed by atoms with Crippen LogP contribution in [0.4, 0.5) is 5.69 Å². The molecule has 2 aromatic rings. The van der Waals surface area contributed by atoms with Crippen LogP contribution in [-0.4, -0.2) is 89.6 Å². The number of carbonyl (C=O) groups is 1. The van der Waals surface area contributed by atoms with Crippen LogP contribution in [0.2, 0.25) is 0 Å². The number of aryl methyl sites for hydroxylation is 1. The van der Waals surface area contributed by atoms with Crippen molar-refractivity contribution in [3.63, 3.8) is 0 Å². The molecule has 184 valence electrons. The Bertz CT molecular complexity index is 1130. The molecule has 0 spiro atoms. The Hall–Kier alpha value is -2.82. The predicted molar refractivity (Wildman–Crippen MR) is 130 cm³/mol. The fraction of sp³-hybridized carbons (Fsp3) is 0.458. The molecule has 4 rings (SSSR count). The number of piperazine rings is 2. The summed E-state index contributed by atoms with van der Waals surface area (Å²) in [4.78, 5) is 17.6. The topological polar surface area (TPSA) is 91.4 Å². The molecule has 1 unspecified atom stereocenters. The molecule has 0 radical (unpaired) electrons. The molecule has 0 saturated carbocycles. The zero-order chi connectivity index (χ0) is 24.3. The first-order valence-electron chi connectivity index (χ1n) is 11.4. The van der Waals surface area contributed by atoms with Crippen LogP contribution in [-0.2, 0) is 14.8 Å². The smallest absolute Gasteiger partial charge is 0.244 e. The molecule has 2 saturated heterocycles. The van der Waals surface area contributed by atoms with E-state index in [1.165, 1.54) is 41.9 Å². The number of para-hydroxylation sites is 1. The van der Waals surface area contributed by atoms with Gasteiger partial charge in [-0.1, -0.05) is 18.2 Å². The van der Waals surface area contributed by atoms with E-state index in [1.807, 2.05) is 12.1 Å². The summed E-state index contributed by atoms with van der Waals surface area (Å²) in [5.41, 5.74) is 2.37. The molecular weight excluding hydrogens is 456 g/mol. The number of ether oxygens (including phenoxy) is 2. The second-order valence-corrected chi connectivity index (χ2v) is 10.3. The molecule has 34 heavy (non-hydrogen) atoms. The third kappa shape index (κ3) is 4.70. The van der Waals surface area contributed by atoms with Gasteiger partial charge in [0.05, 0.1) is 19.1 Å². The van der Waals surface area contributed by atoms with Crippen molar-refractivity contribution in [2.75, 3.05) is 64.9 Å². The van der Waals surface area contributed by atoms with Gasteiger partial charge in [-0.15, -0.1) is 0 Å². The molecule has 2 fully saturated rings. The number of rotatable bonds is 6. The number of carbonyl (C=O) groups excluding carboxylic acids is 1. The van der Waals surface area contributed by atoms with Gasteiger partial charge in [0.1, 0.15) is 6.04 Å². The monoisotopic (exact) mass is 488 g/mol. The Morgan fingerprint density at radius 2 is 1.68 bits per heavy atom. The van der Waals surface area contributed by atoms with Crippen LogP contribution in [0.1, 0.15) is 5.56 Å². The van der Waals surface area contributed by atoms with Crippen molar-refractivity contribution in [3.8, 4) is 11.5 Å². The van der Waals surface area contributed by atoms with E-state index in [0.717, 1.165) is 0 Å². The number of hydrogen-bond acceptors (Lipinski definition) is 7. The first-order chi connectivity index (χ1) is 16.4. The maximum absolute atomic E-state index is 13.5. The molecule has 2 aliphatic rings. The number of nitrogens with zero attached hydrogens (tertiary/aromatic N) is 3. The molecule has 2 aromatic carbocycles. The second kappa shape index (κ2) is 10.2. The maximum Gasteiger partial charge on any atom is 0.244 e. The van der Waals surface area contributed by atoms with Gasteiger partial charge in [0.15, 0.2) is 11.5 Å². The molecule has 1 amide bonds. The van der Waals surface area contributed by atoms with Crippen LogP contribution in [0.5, 0.6) is 11.5 Å². The predicted octanol–water partition coefficient (Wildman–Crippen LogP) is 1.32. The Kier molecular flexibility index (Phi) is 7.30. The lowest BCUT2D eigenvalue weighted by atomic mass is 10.1. The van der Waals surface area contributed by atoms with Gasteiger partial charge in [0.25, 0.3) is 0 Å². The number of anilines is 1. The molecule has 0 bridgehead atoms. The Balaban J connectivity index is 1.51. The summed E-state index contributed by atoms with van der Waals surface area (Å²) in [7, 11) is -0.956. The summed E-state index contributed by atoms with van der Waals surface area (Å²) in [5, 5.41) is 3.18. The highest BCUT2D eigenvalue weighted by Gasteiger charge is 2.40. The maximum atomic E-state index is 13.5. The largest absolute Gasteiger partial charge is 0.493 e. The fourth-order valence-electron chi connectivity index (χ4n) is 4.59. The summed E-state index contributed by atoms with van der Waals surface area (Å²) >= 11 is 0. The number of sulfonamides is 1. The van der Waals surface area contributed by atoms with E-state index in [4.69, 9.17) is 9.47 Å². The van der Waals surface area contributed by atoms with Crippen molar-refractivity contribution in [2.45, 2.75) is 17.9 Å². The second-order valence-electron chi connectivity index (χ2n) is 8.45. The third-order valence-electron chi connectivity index (χ3n) is 6.49. The lowest BCUT2D eigenvalue weighted by Gasteiger charge is -2.41. The average molecular weight is 489 g/mol. The van der Waals surface area contributed by atoms with Crippen molar-refractivity contribution in [2.24, 2.45) is 0 Å². The first kappa shape index (κ1) is 24.3. The van der Waals surface area contributed by atoms with Gasteiger partial charge in [-0.05, 0) is 30.7 Å². The summed E-state index contributed by atoms with van der Waals surface area (Å²) < 4.78 is 38.9. The van der Waals surface area contributed by atoms with Crippen molar-refractivity contribution < 1.29 is 22.7 Å². The van der Waals surface area contributed by atoms with Crippen LogP contribution < -0.4 is 19.7 Å². The van der Waals surface area contributed by atoms with Crippen LogP contribution in [0.15, 0.2) is 47.4 Å². The van der Waals surface area contributed by atoms with Gasteiger partial charge in [-0.2, -0.15) is 4.31 Å². The normalized spacial score (nSPS) is 19.7. The van der Waals surface area contributed by atoms with Crippen molar-refractivity contribution in [1.82, 2.24) is 14.5 Å². The first-order valence-corrected chi connectivity index (χ1v) is 12.8. The molecule has 0 aromatic heterocycles. The Morgan fingerprint density at radius 3 is 2.35 bits per heavy atom. The van der Waals surface area contributed by atoms with Crippen LogP contribution in [0.25, 0.3) is 0 Å². The van der Waals surface area contributed by atoms with E-state index in [0.29, 0.717) is 44.2 Å². The Labute approximate surface area is 201 Å². The van der Waals surface area contributed by atoms with Gasteiger partial charge in [-0.3, -0.25) is 4.79 Å². The van der Waals surface area contributed by atoms with E-state index in [1.54, 1.807) is 11.0 Å². The lowest BCUT2D eigenvalue weighted by Crippen LogP contribution is -2.62. The van der Waals surface area contributed by atoms with Gasteiger partial charge in [0, 0.05) is 57.6 Å². The number of nitrogens with one attached hydrogen (secondary N) is 1. The fourth-order valence-corrected chi connectivity index (χ4v) is 6.19. The molecule has 0 aliphatic carbocycles. The van der Waals surface area contributed by atoms with Crippen molar-refractivity contribution in [3.05, 3.63) is 48.0 Å². The minimum Gasteiger partial charge on any atom is -0.493 e. The van der Waals surface area contributed by atoms with Crippen molar-refractivity contribution >= 4 is 21.6 Å². The van der Waals surface area contributed by atoms with Gasteiger partial charge < -0.3 is 24.6 Å². The molecule has 1 atom stereocenters. The van der Waals surface area contributed by atoms with Crippen LogP contribution >= 0.6 is 0 Å². The Morgan fingerprint density at radius 1 is 0.971 bits per heavy atom. The van der Waals surface area contributed by atoms with E-state index >= 15 is 0 Å². The zero-order valence-electron chi connectivity index (χ0n) is 19.9. The quantitative estimate of drug-likeness (QED) is 0.656. The van der Waals surface area contributed by atoms with E-state index in [2.05, 4.69) is 29.3 Å². The highest BCUT2D eigenvalue weighted by molar-refractivity contribution is 7.89. The minimum absolute atomic E-state index is 0.0780. The molecule has 1 N–H and O–H groups in total. The molecule has 9 nitrogen and oxygen atoms in total. The van der Waals surface area contributed by atoms with E-state index < -0.39 is 16.1 Å². The van der Waals surface area contributed by atoms with Crippen LogP contribution in [0, 0.1) is 6.92 Å². The van der Waals surface area contributed by atoms with Crippen LogP contribution in [0.3, 0.4) is 0 Å². The SMILES string of the molecule is COc1ccc(S(=O)(=O)N2CCNCC2C(=O)N2CCN(c3ccccc3C)CC2)cc1OC. The summed E-state index contributed by atoms with van der Waals surface area (Å²) in [6.45, 7) is 5.58. The summed E-state index contributed by atoms with van der Waals surface area (Å²) in [5.74, 6) is 0.607. The molecule has 10 heteroatoms. The third-order valence-corrected chi connectivity index (χ3v) is 8.39. The number of methoxy groups -OCH3 is 2. The van der Waals surface area contributed by atoms with Gasteiger partial charge >= 0.3 is 0 Å². The van der Waals surface area contributed by atoms with Gasteiger partial charge in [-0.25, -0.2) is 8.42 Å². The highest BCUT2D eigenvalue weighted by Crippen LogP contribution is 2.31. The molecule has 2 aliphatic heterocycles. The minimum atomic E-state index is -3.91. The average Bonchev–Trinajstić information content (AvgIpc) is 2.88. The summed E-state index contributed by atoms with van der Waals surface area (Å²) in [6, 6.07) is 11.9. The van der Waals surface area contributed by atoms with Gasteiger partial charge in [0.2, 0.25) is 15.9 Å². The van der Waals surface area contributed by atoms with E-state index in [9.17, 15) is 13.2 Å².